The molecule has 0 amide bonds. The minimum absolute atomic E-state index is 0. The van der Waals surface area contributed by atoms with Crippen molar-refractivity contribution < 1.29 is 4.52 Å². The first-order valence-corrected chi connectivity index (χ1v) is 10.7. The molecular formula is C20H30BrIN6O. The van der Waals surface area contributed by atoms with Crippen molar-refractivity contribution in [1.82, 2.24) is 25.3 Å². The maximum Gasteiger partial charge on any atom is 0.228 e. The zero-order valence-electron chi connectivity index (χ0n) is 17.3. The molecule has 1 aliphatic heterocycles. The lowest BCUT2D eigenvalue weighted by atomic mass is 10.1. The highest BCUT2D eigenvalue weighted by Crippen LogP contribution is 2.23. The Hall–Kier alpha value is -1.20. The van der Waals surface area contributed by atoms with Gasteiger partial charge in [0.2, 0.25) is 5.89 Å². The Balaban J connectivity index is 0.00000300. The van der Waals surface area contributed by atoms with Gasteiger partial charge in [-0.3, -0.25) is 9.89 Å². The first kappa shape index (κ1) is 24.1. The van der Waals surface area contributed by atoms with E-state index in [1.54, 1.807) is 0 Å². The fraction of sp³-hybridized carbons (Fsp3) is 0.550. The number of guanidine groups is 1. The van der Waals surface area contributed by atoms with Gasteiger partial charge in [0, 0.05) is 49.7 Å². The molecule has 2 aromatic rings. The molecule has 0 saturated carbocycles. The van der Waals surface area contributed by atoms with Crippen LogP contribution in [0.15, 0.2) is 38.3 Å². The minimum Gasteiger partial charge on any atom is -0.357 e. The number of hydrogen-bond donors (Lipinski definition) is 1. The zero-order chi connectivity index (χ0) is 19.9. The summed E-state index contributed by atoms with van der Waals surface area (Å²) in [5.74, 6) is 2.28. The number of benzene rings is 1. The Morgan fingerprint density at radius 3 is 2.52 bits per heavy atom. The van der Waals surface area contributed by atoms with Crippen molar-refractivity contribution in [3.05, 3.63) is 46.0 Å². The van der Waals surface area contributed by atoms with Crippen LogP contribution in [0.5, 0.6) is 0 Å². The molecule has 3 rings (SSSR count). The van der Waals surface area contributed by atoms with Crippen LogP contribution < -0.4 is 5.32 Å². The highest BCUT2D eigenvalue weighted by Gasteiger charge is 2.23. The summed E-state index contributed by atoms with van der Waals surface area (Å²) in [6.45, 7) is 11.7. The molecule has 0 spiro atoms. The third-order valence-corrected chi connectivity index (χ3v) is 5.53. The molecule has 0 aliphatic carbocycles. The van der Waals surface area contributed by atoms with Gasteiger partial charge < -0.3 is 14.7 Å². The Kier molecular flexibility index (Phi) is 9.84. The van der Waals surface area contributed by atoms with Crippen LogP contribution in [-0.4, -0.2) is 65.2 Å². The monoisotopic (exact) mass is 576 g/mol. The molecule has 160 valence electrons. The van der Waals surface area contributed by atoms with Gasteiger partial charge in [0.25, 0.3) is 0 Å². The molecule has 1 aromatic carbocycles. The third kappa shape index (κ3) is 6.92. The number of hydrogen-bond acceptors (Lipinski definition) is 5. The number of aromatic nitrogens is 2. The fourth-order valence-electron chi connectivity index (χ4n) is 3.40. The molecule has 1 aliphatic rings. The van der Waals surface area contributed by atoms with Crippen LogP contribution in [0.3, 0.4) is 0 Å². The van der Waals surface area contributed by atoms with Crippen molar-refractivity contribution >= 4 is 45.9 Å². The topological polar surface area (TPSA) is 69.8 Å². The van der Waals surface area contributed by atoms with E-state index in [0.717, 1.165) is 43.2 Å². The number of aliphatic imine (C=N–C) groups is 1. The van der Waals surface area contributed by atoms with E-state index >= 15 is 0 Å². The third-order valence-electron chi connectivity index (χ3n) is 5.01. The predicted molar refractivity (Wildman–Crippen MR) is 130 cm³/mol. The molecule has 29 heavy (non-hydrogen) atoms. The van der Waals surface area contributed by atoms with Crippen molar-refractivity contribution in [3.63, 3.8) is 0 Å². The van der Waals surface area contributed by atoms with Gasteiger partial charge in [0.05, 0.1) is 6.54 Å². The number of piperazine rings is 1. The smallest absolute Gasteiger partial charge is 0.228 e. The normalized spacial score (nSPS) is 16.4. The van der Waals surface area contributed by atoms with E-state index in [0.29, 0.717) is 30.7 Å². The standard InChI is InChI=1S/C20H29BrN6O.HI/c1-4-22-20(23-10-9-19-24-16(3)25-28-19)27-13-11-26(12-14-27)15(2)17-5-7-18(21)8-6-17;/h5-8,15H,4,9-14H2,1-3H3,(H,22,23);1H. The van der Waals surface area contributed by atoms with Crippen molar-refractivity contribution in [2.75, 3.05) is 39.3 Å². The fourth-order valence-corrected chi connectivity index (χ4v) is 3.66. The van der Waals surface area contributed by atoms with Gasteiger partial charge in [-0.2, -0.15) is 4.98 Å². The molecule has 1 fully saturated rings. The number of aryl methyl sites for hydroxylation is 1. The summed E-state index contributed by atoms with van der Waals surface area (Å²) in [5, 5.41) is 7.24. The van der Waals surface area contributed by atoms with E-state index < -0.39 is 0 Å². The summed E-state index contributed by atoms with van der Waals surface area (Å²) >= 11 is 3.51. The van der Waals surface area contributed by atoms with Gasteiger partial charge in [-0.05, 0) is 38.5 Å². The Bertz CT molecular complexity index is 774. The molecule has 9 heteroatoms. The van der Waals surface area contributed by atoms with E-state index in [-0.39, 0.29) is 24.0 Å². The number of nitrogens with one attached hydrogen (secondary N) is 1. The molecule has 1 atom stereocenters. The Labute approximate surface area is 198 Å². The summed E-state index contributed by atoms with van der Waals surface area (Å²) in [5.41, 5.74) is 1.35. The minimum atomic E-state index is 0. The van der Waals surface area contributed by atoms with Crippen LogP contribution in [-0.2, 0) is 6.42 Å². The predicted octanol–water partition coefficient (Wildman–Crippen LogP) is 3.65. The van der Waals surface area contributed by atoms with E-state index in [1.807, 2.05) is 6.92 Å². The van der Waals surface area contributed by atoms with Gasteiger partial charge in [-0.25, -0.2) is 0 Å². The second-order valence-electron chi connectivity index (χ2n) is 6.97. The largest absolute Gasteiger partial charge is 0.357 e. The van der Waals surface area contributed by atoms with E-state index in [2.05, 4.69) is 79.3 Å². The van der Waals surface area contributed by atoms with Crippen LogP contribution in [0, 0.1) is 6.92 Å². The lowest BCUT2D eigenvalue weighted by molar-refractivity contribution is 0.138. The number of halogens is 2. The van der Waals surface area contributed by atoms with Gasteiger partial charge in [-0.1, -0.05) is 33.2 Å². The first-order chi connectivity index (χ1) is 13.6. The van der Waals surface area contributed by atoms with Crippen LogP contribution in [0.1, 0.15) is 37.2 Å². The molecular weight excluding hydrogens is 547 g/mol. The Morgan fingerprint density at radius 1 is 1.24 bits per heavy atom. The summed E-state index contributed by atoms with van der Waals surface area (Å²) in [4.78, 5) is 13.9. The summed E-state index contributed by atoms with van der Waals surface area (Å²) in [7, 11) is 0. The molecule has 1 N–H and O–H groups in total. The second kappa shape index (κ2) is 11.8. The van der Waals surface area contributed by atoms with Gasteiger partial charge in [-0.15, -0.1) is 24.0 Å². The van der Waals surface area contributed by atoms with Crippen LogP contribution >= 0.6 is 39.9 Å². The average Bonchev–Trinajstić information content (AvgIpc) is 3.12. The summed E-state index contributed by atoms with van der Waals surface area (Å²) in [6.07, 6.45) is 0.663. The SMILES string of the molecule is CCNC(=NCCc1nc(C)no1)N1CCN(C(C)c2ccc(Br)cc2)CC1.I. The van der Waals surface area contributed by atoms with Gasteiger partial charge in [0.15, 0.2) is 11.8 Å². The molecule has 0 bridgehead atoms. The van der Waals surface area contributed by atoms with E-state index in [9.17, 15) is 0 Å². The molecule has 1 aromatic heterocycles. The van der Waals surface area contributed by atoms with Gasteiger partial charge in [0.1, 0.15) is 0 Å². The molecule has 7 nitrogen and oxygen atoms in total. The highest BCUT2D eigenvalue weighted by molar-refractivity contribution is 14.0. The maximum absolute atomic E-state index is 5.17. The molecule has 1 unspecified atom stereocenters. The second-order valence-corrected chi connectivity index (χ2v) is 7.89. The summed E-state index contributed by atoms with van der Waals surface area (Å²) < 4.78 is 6.29. The van der Waals surface area contributed by atoms with E-state index in [4.69, 9.17) is 9.52 Å². The van der Waals surface area contributed by atoms with Crippen LogP contribution in [0.25, 0.3) is 0 Å². The van der Waals surface area contributed by atoms with E-state index in [1.165, 1.54) is 5.56 Å². The molecule has 0 radical (unpaired) electrons. The Morgan fingerprint density at radius 2 is 1.93 bits per heavy atom. The average molecular weight is 577 g/mol. The zero-order valence-corrected chi connectivity index (χ0v) is 21.2. The van der Waals surface area contributed by atoms with Crippen molar-refractivity contribution in [1.29, 1.82) is 0 Å². The van der Waals surface area contributed by atoms with Crippen LogP contribution in [0.4, 0.5) is 0 Å². The molecule has 2 heterocycles. The molecule has 1 saturated heterocycles. The van der Waals surface area contributed by atoms with Crippen LogP contribution in [0.2, 0.25) is 0 Å². The summed E-state index contributed by atoms with van der Waals surface area (Å²) in [6, 6.07) is 9.04. The van der Waals surface area contributed by atoms with Gasteiger partial charge >= 0.3 is 0 Å². The lowest BCUT2D eigenvalue weighted by Gasteiger charge is -2.39. The maximum atomic E-state index is 5.17. The van der Waals surface area contributed by atoms with Crippen molar-refractivity contribution in [2.45, 2.75) is 33.2 Å². The lowest BCUT2D eigenvalue weighted by Crippen LogP contribution is -2.52. The number of rotatable bonds is 6. The quantitative estimate of drug-likeness (QED) is 0.322. The van der Waals surface area contributed by atoms with Crippen molar-refractivity contribution in [3.8, 4) is 0 Å². The number of nitrogens with zero attached hydrogens (tertiary/aromatic N) is 5. The van der Waals surface area contributed by atoms with Crippen molar-refractivity contribution in [2.24, 2.45) is 4.99 Å². The first-order valence-electron chi connectivity index (χ1n) is 9.88. The highest BCUT2D eigenvalue weighted by atomic mass is 127.